The first-order chi connectivity index (χ1) is 13.6. The minimum absolute atomic E-state index is 0.170. The Morgan fingerprint density at radius 1 is 1.36 bits per heavy atom. The van der Waals surface area contributed by atoms with Crippen LogP contribution in [-0.4, -0.2) is 35.0 Å². The van der Waals surface area contributed by atoms with Crippen LogP contribution in [0.4, 0.5) is 10.2 Å². The smallest absolute Gasteiger partial charge is 0.179 e. The van der Waals surface area contributed by atoms with Crippen LogP contribution < -0.4 is 11.5 Å². The zero-order valence-electron chi connectivity index (χ0n) is 15.9. The summed E-state index contributed by atoms with van der Waals surface area (Å²) in [6.45, 7) is 2.68. The van der Waals surface area contributed by atoms with Crippen molar-refractivity contribution in [1.82, 2.24) is 9.97 Å². The highest BCUT2D eigenvalue weighted by atomic mass is 19.1. The number of aromatic nitrogens is 2. The Hall–Kier alpha value is -3.35. The topological polar surface area (TPSA) is 103 Å². The quantitative estimate of drug-likeness (QED) is 0.532. The number of allylic oxidation sites excluding steroid dienone is 7. The molecule has 0 saturated carbocycles. The van der Waals surface area contributed by atoms with Crippen LogP contribution in [0.3, 0.4) is 0 Å². The van der Waals surface area contributed by atoms with E-state index in [4.69, 9.17) is 11.5 Å². The molecule has 0 bridgehead atoms. The molecule has 1 aliphatic rings. The first-order valence-electron chi connectivity index (χ1n) is 9.08. The van der Waals surface area contributed by atoms with Gasteiger partial charge in [-0.2, -0.15) is 0 Å². The van der Waals surface area contributed by atoms with E-state index in [1.165, 1.54) is 6.08 Å². The maximum Gasteiger partial charge on any atom is 0.179 e. The van der Waals surface area contributed by atoms with Crippen molar-refractivity contribution >= 4 is 17.7 Å². The molecule has 146 valence electrons. The molecule has 2 heterocycles. The van der Waals surface area contributed by atoms with Crippen molar-refractivity contribution in [3.63, 3.8) is 0 Å². The fourth-order valence-electron chi connectivity index (χ4n) is 2.27. The van der Waals surface area contributed by atoms with Gasteiger partial charge >= 0.3 is 0 Å². The zero-order valence-corrected chi connectivity index (χ0v) is 15.9. The maximum absolute atomic E-state index is 13.9. The molecule has 2 rings (SSSR count). The summed E-state index contributed by atoms with van der Waals surface area (Å²) in [6.07, 6.45) is 16.6. The molecule has 0 amide bonds. The third-order valence-electron chi connectivity index (χ3n) is 3.71. The van der Waals surface area contributed by atoms with Crippen LogP contribution in [0.15, 0.2) is 81.9 Å². The van der Waals surface area contributed by atoms with Gasteiger partial charge in [0.1, 0.15) is 17.4 Å². The first-order valence-corrected chi connectivity index (χ1v) is 9.08. The number of nitrogens with zero attached hydrogens (tertiary/aromatic N) is 4. The lowest BCUT2D eigenvalue weighted by molar-refractivity contribution is 0.593. The molecule has 1 aromatic rings. The maximum atomic E-state index is 13.9. The minimum atomic E-state index is -0.246. The molecule has 0 spiro atoms. The third kappa shape index (κ3) is 7.11. The minimum Gasteiger partial charge on any atom is -0.398 e. The highest BCUT2D eigenvalue weighted by Gasteiger charge is 2.09. The van der Waals surface area contributed by atoms with Crippen LogP contribution in [0.1, 0.15) is 25.6 Å². The van der Waals surface area contributed by atoms with Crippen LogP contribution in [0, 0.1) is 0 Å². The van der Waals surface area contributed by atoms with E-state index >= 15 is 0 Å². The fraction of sp³-hybridized carbons (Fsp3) is 0.238. The fourth-order valence-corrected chi connectivity index (χ4v) is 2.27. The monoisotopic (exact) mass is 380 g/mol. The largest absolute Gasteiger partial charge is 0.398 e. The van der Waals surface area contributed by atoms with Gasteiger partial charge in [0.05, 0.1) is 6.54 Å². The Balaban J connectivity index is 2.24. The molecule has 0 fully saturated rings. The number of aliphatic imine (C=N–C) groups is 2. The predicted octanol–water partition coefficient (Wildman–Crippen LogP) is 3.47. The molecular weight excluding hydrogens is 355 g/mol. The molecule has 4 N–H and O–H groups in total. The highest BCUT2D eigenvalue weighted by Crippen LogP contribution is 2.11. The SMILES string of the molecule is CC/C=C\C=C(\F)CCN=C(C=C(N)C1=CC=CC=NC1)c1nccc(N)n1. The number of nitrogen functional groups attached to an aromatic ring is 1. The molecule has 0 unspecified atom stereocenters. The number of nitrogens with two attached hydrogens (primary N) is 2. The average Bonchev–Trinajstić information content (AvgIpc) is 2.97. The second kappa shape index (κ2) is 11.4. The summed E-state index contributed by atoms with van der Waals surface area (Å²) in [5, 5.41) is 0. The molecule has 0 aromatic carbocycles. The summed E-state index contributed by atoms with van der Waals surface area (Å²) >= 11 is 0. The third-order valence-corrected chi connectivity index (χ3v) is 3.71. The molecule has 7 heteroatoms. The van der Waals surface area contributed by atoms with E-state index in [2.05, 4.69) is 20.0 Å². The lowest BCUT2D eigenvalue weighted by Gasteiger charge is -2.07. The molecule has 0 atom stereocenters. The van der Waals surface area contributed by atoms with Gasteiger partial charge in [-0.05, 0) is 36.3 Å². The summed E-state index contributed by atoms with van der Waals surface area (Å²) in [6, 6.07) is 1.59. The molecule has 0 saturated heterocycles. The van der Waals surface area contributed by atoms with Gasteiger partial charge in [-0.1, -0.05) is 31.2 Å². The molecule has 0 aliphatic carbocycles. The summed E-state index contributed by atoms with van der Waals surface area (Å²) in [7, 11) is 0. The Morgan fingerprint density at radius 2 is 2.21 bits per heavy atom. The van der Waals surface area contributed by atoms with Gasteiger partial charge in [-0.25, -0.2) is 14.4 Å². The van der Waals surface area contributed by atoms with Gasteiger partial charge in [0.15, 0.2) is 5.82 Å². The van der Waals surface area contributed by atoms with E-state index in [0.717, 1.165) is 12.0 Å². The number of halogens is 1. The van der Waals surface area contributed by atoms with Crippen LogP contribution >= 0.6 is 0 Å². The number of anilines is 1. The first kappa shape index (κ1) is 21.0. The van der Waals surface area contributed by atoms with E-state index in [0.29, 0.717) is 29.6 Å². The van der Waals surface area contributed by atoms with Crippen molar-refractivity contribution in [2.24, 2.45) is 15.7 Å². The number of hydrogen-bond acceptors (Lipinski definition) is 6. The van der Waals surface area contributed by atoms with Crippen molar-refractivity contribution in [2.75, 3.05) is 18.8 Å². The van der Waals surface area contributed by atoms with E-state index in [9.17, 15) is 4.39 Å². The van der Waals surface area contributed by atoms with Gasteiger partial charge in [-0.3, -0.25) is 9.98 Å². The Labute approximate surface area is 164 Å². The second-order valence-electron chi connectivity index (χ2n) is 5.94. The van der Waals surface area contributed by atoms with E-state index < -0.39 is 0 Å². The van der Waals surface area contributed by atoms with Gasteiger partial charge < -0.3 is 11.5 Å². The molecule has 28 heavy (non-hydrogen) atoms. The van der Waals surface area contributed by atoms with Gasteiger partial charge in [0, 0.05) is 31.1 Å². The molecule has 6 nitrogen and oxygen atoms in total. The summed E-state index contributed by atoms with van der Waals surface area (Å²) < 4.78 is 13.9. The summed E-state index contributed by atoms with van der Waals surface area (Å²) in [5.41, 5.74) is 13.8. The van der Waals surface area contributed by atoms with Crippen molar-refractivity contribution in [1.29, 1.82) is 0 Å². The second-order valence-corrected chi connectivity index (χ2v) is 5.94. The van der Waals surface area contributed by atoms with Gasteiger partial charge in [0.25, 0.3) is 0 Å². The normalized spacial score (nSPS) is 15.8. The molecule has 1 aromatic heterocycles. The lowest BCUT2D eigenvalue weighted by Crippen LogP contribution is -2.12. The van der Waals surface area contributed by atoms with Crippen LogP contribution in [0.5, 0.6) is 0 Å². The van der Waals surface area contributed by atoms with Gasteiger partial charge in [-0.15, -0.1) is 0 Å². The van der Waals surface area contributed by atoms with E-state index in [1.807, 2.05) is 31.2 Å². The van der Waals surface area contributed by atoms with E-state index in [1.54, 1.807) is 30.6 Å². The molecule has 1 aliphatic heterocycles. The van der Waals surface area contributed by atoms with Crippen molar-refractivity contribution in [2.45, 2.75) is 19.8 Å². The number of rotatable bonds is 8. The average molecular weight is 380 g/mol. The van der Waals surface area contributed by atoms with Crippen LogP contribution in [0.2, 0.25) is 0 Å². The van der Waals surface area contributed by atoms with Crippen molar-refractivity contribution in [3.8, 4) is 0 Å². The summed E-state index contributed by atoms with van der Waals surface area (Å²) in [5.74, 6) is 0.414. The molecule has 0 radical (unpaired) electrons. The van der Waals surface area contributed by atoms with Crippen LogP contribution in [-0.2, 0) is 0 Å². The van der Waals surface area contributed by atoms with Crippen molar-refractivity contribution in [3.05, 3.63) is 77.7 Å². The van der Waals surface area contributed by atoms with Crippen molar-refractivity contribution < 1.29 is 4.39 Å². The number of hydrogen-bond donors (Lipinski definition) is 2. The van der Waals surface area contributed by atoms with Crippen LogP contribution in [0.25, 0.3) is 0 Å². The van der Waals surface area contributed by atoms with Gasteiger partial charge in [0.2, 0.25) is 0 Å². The Bertz CT molecular complexity index is 875. The Morgan fingerprint density at radius 3 is 3.00 bits per heavy atom. The Kier molecular flexibility index (Phi) is 8.52. The predicted molar refractivity (Wildman–Crippen MR) is 114 cm³/mol. The lowest BCUT2D eigenvalue weighted by atomic mass is 10.1. The standard InChI is InChI=1S/C21H25FN6/c1-2-3-4-8-17(22)9-12-26-19(21-27-13-10-20(24)28-21)14-18(23)16-7-5-6-11-25-15-16/h3-8,10-11,13-14H,2,9,12,15,23H2,1H3,(H2,24,27,28)/b4-3-,17-8+,18-14?,26-19?. The van der Waals surface area contributed by atoms with E-state index in [-0.39, 0.29) is 18.8 Å². The molecular formula is C21H25FN6. The zero-order chi connectivity index (χ0) is 20.2. The summed E-state index contributed by atoms with van der Waals surface area (Å²) in [4.78, 5) is 17.1. The highest BCUT2D eigenvalue weighted by molar-refractivity contribution is 6.07.